The van der Waals surface area contributed by atoms with E-state index in [1.807, 2.05) is 0 Å². The van der Waals surface area contributed by atoms with Gasteiger partial charge >= 0.3 is 0 Å². The van der Waals surface area contributed by atoms with Gasteiger partial charge in [-0.15, -0.1) is 0 Å². The fourth-order valence-electron chi connectivity index (χ4n) is 11.1. The van der Waals surface area contributed by atoms with Crippen molar-refractivity contribution < 1.29 is 9.47 Å². The van der Waals surface area contributed by atoms with Gasteiger partial charge in [0.25, 0.3) is 0 Å². The normalized spacial score (nSPS) is 11.5. The summed E-state index contributed by atoms with van der Waals surface area (Å²) in [5.41, 5.74) is 14.0. The molecule has 0 spiro atoms. The molecule has 0 amide bonds. The number of rotatable bonds is 40. The second-order valence-corrected chi connectivity index (χ2v) is 22.7. The van der Waals surface area contributed by atoms with E-state index in [0.29, 0.717) is 0 Å². The number of hydrogen-bond acceptors (Lipinski definition) is 2. The van der Waals surface area contributed by atoms with Gasteiger partial charge in [0, 0.05) is 0 Å². The number of hydrogen-bond donors (Lipinski definition) is 0. The maximum absolute atomic E-state index is 6.29. The molecule has 7 aromatic rings. The van der Waals surface area contributed by atoms with Crippen LogP contribution in [0.2, 0.25) is 0 Å². The van der Waals surface area contributed by atoms with Crippen LogP contribution in [-0.2, 0) is 0 Å². The molecule has 0 saturated carbocycles. The minimum absolute atomic E-state index is 0.763. The second kappa shape index (κ2) is 38.7. The molecule has 2 nitrogen and oxygen atoms in total. The van der Waals surface area contributed by atoms with Gasteiger partial charge in [0.1, 0.15) is 11.5 Å². The monoisotopic (exact) mass is 1090 g/mol. The van der Waals surface area contributed by atoms with Crippen LogP contribution in [0.5, 0.6) is 11.5 Å². The molecule has 82 heavy (non-hydrogen) atoms. The van der Waals surface area contributed by atoms with E-state index < -0.39 is 0 Å². The average molecular weight is 1090 g/mol. The van der Waals surface area contributed by atoms with Gasteiger partial charge in [-0.25, -0.2) is 0 Å². The fourth-order valence-corrected chi connectivity index (χ4v) is 11.1. The van der Waals surface area contributed by atoms with Crippen molar-refractivity contribution in [2.75, 3.05) is 13.2 Å². The standard InChI is InChI=1S/C80H98O2/c1-3-5-7-9-11-13-15-17-19-21-23-25-36-60-81-77-48-38-40-68(65-77)51-54-71-62-70(63-72(64-71)55-52-69-41-39-49-78(66-69)82-61-37-26-24-22-20-18-16-14-12-10-8-6-4-2)53-50-67-56-58-76(59-57-67)80(75-46-34-29-35-47-75)79(73-42-30-27-31-43-73)74-44-32-28-33-45-74/h27-35,38-59,62-66H,3-26,36-37,60-61H2,1-2H3/b53-50+,54-51+,55-52+. The maximum atomic E-state index is 6.29. The Balaban J connectivity index is 1.00. The lowest BCUT2D eigenvalue weighted by Gasteiger charge is -2.18. The summed E-state index contributed by atoms with van der Waals surface area (Å²) in [6.07, 6.45) is 48.5. The smallest absolute Gasteiger partial charge is 0.119 e. The molecule has 0 atom stereocenters. The van der Waals surface area contributed by atoms with Gasteiger partial charge in [-0.2, -0.15) is 0 Å². The van der Waals surface area contributed by atoms with Crippen LogP contribution in [0.4, 0.5) is 0 Å². The van der Waals surface area contributed by atoms with Crippen LogP contribution >= 0.6 is 0 Å². The maximum Gasteiger partial charge on any atom is 0.119 e. The van der Waals surface area contributed by atoms with Gasteiger partial charge < -0.3 is 9.47 Å². The average Bonchev–Trinajstić information content (AvgIpc) is 3.72. The predicted octanol–water partition coefficient (Wildman–Crippen LogP) is 24.1. The molecule has 0 unspecified atom stereocenters. The van der Waals surface area contributed by atoms with Crippen molar-refractivity contribution in [2.24, 2.45) is 0 Å². The summed E-state index contributed by atoms with van der Waals surface area (Å²) in [4.78, 5) is 0. The van der Waals surface area contributed by atoms with E-state index in [2.05, 4.69) is 232 Å². The third-order valence-corrected chi connectivity index (χ3v) is 15.8. The number of benzene rings is 7. The van der Waals surface area contributed by atoms with Gasteiger partial charge in [0.05, 0.1) is 13.2 Å². The zero-order valence-corrected chi connectivity index (χ0v) is 50.4. The van der Waals surface area contributed by atoms with E-state index in [0.717, 1.165) is 70.9 Å². The first kappa shape index (κ1) is 62.7. The van der Waals surface area contributed by atoms with E-state index >= 15 is 0 Å². The highest BCUT2D eigenvalue weighted by Crippen LogP contribution is 2.37. The molecule has 0 saturated heterocycles. The first-order valence-electron chi connectivity index (χ1n) is 32.3. The van der Waals surface area contributed by atoms with E-state index in [1.54, 1.807) is 0 Å². The van der Waals surface area contributed by atoms with Crippen LogP contribution in [0, 0.1) is 0 Å². The van der Waals surface area contributed by atoms with E-state index in [4.69, 9.17) is 9.47 Å². The fraction of sp³-hybridized carbons (Fsp3) is 0.375. The van der Waals surface area contributed by atoms with Crippen molar-refractivity contribution >= 4 is 47.6 Å². The van der Waals surface area contributed by atoms with Gasteiger partial charge in [-0.1, -0.05) is 344 Å². The topological polar surface area (TPSA) is 18.5 Å². The molecule has 0 aliphatic carbocycles. The number of ether oxygens (including phenoxy) is 2. The summed E-state index contributed by atoms with van der Waals surface area (Å²) in [5, 5.41) is 0. The van der Waals surface area contributed by atoms with Crippen molar-refractivity contribution in [3.8, 4) is 11.5 Å². The predicted molar refractivity (Wildman–Crippen MR) is 359 cm³/mol. The summed E-state index contributed by atoms with van der Waals surface area (Å²) in [6, 6.07) is 65.3. The molecule has 0 bridgehead atoms. The molecule has 7 aromatic carbocycles. The van der Waals surface area contributed by atoms with Crippen molar-refractivity contribution in [3.63, 3.8) is 0 Å². The molecule has 430 valence electrons. The van der Waals surface area contributed by atoms with Gasteiger partial charge in [0.2, 0.25) is 0 Å². The zero-order chi connectivity index (χ0) is 56.8. The highest BCUT2D eigenvalue weighted by molar-refractivity contribution is 6.04. The van der Waals surface area contributed by atoms with Crippen LogP contribution in [0.25, 0.3) is 47.6 Å². The van der Waals surface area contributed by atoms with Crippen molar-refractivity contribution in [2.45, 2.75) is 181 Å². The summed E-state index contributed by atoms with van der Waals surface area (Å²) in [7, 11) is 0. The Kier molecular flexibility index (Phi) is 29.6. The highest BCUT2D eigenvalue weighted by Gasteiger charge is 2.16. The Hall–Kier alpha value is -6.90. The molecule has 2 heteroatoms. The van der Waals surface area contributed by atoms with Crippen LogP contribution in [0.1, 0.15) is 236 Å². The van der Waals surface area contributed by atoms with Crippen LogP contribution in [-0.4, -0.2) is 13.2 Å². The van der Waals surface area contributed by atoms with Crippen molar-refractivity contribution in [1.82, 2.24) is 0 Å². The summed E-state index contributed by atoms with van der Waals surface area (Å²) in [5.74, 6) is 1.87. The lowest BCUT2D eigenvalue weighted by molar-refractivity contribution is 0.304. The first-order chi connectivity index (χ1) is 40.6. The zero-order valence-electron chi connectivity index (χ0n) is 50.4. The van der Waals surface area contributed by atoms with Crippen LogP contribution in [0.15, 0.2) is 182 Å². The molecule has 0 aromatic heterocycles. The molecule has 0 aliphatic rings. The minimum Gasteiger partial charge on any atom is -0.494 e. The van der Waals surface area contributed by atoms with Crippen LogP contribution in [0.3, 0.4) is 0 Å². The van der Waals surface area contributed by atoms with Gasteiger partial charge in [0.15, 0.2) is 0 Å². The van der Waals surface area contributed by atoms with Crippen LogP contribution < -0.4 is 9.47 Å². The third kappa shape index (κ3) is 23.9. The second-order valence-electron chi connectivity index (χ2n) is 22.7. The quantitative estimate of drug-likeness (QED) is 0.0282. The lowest BCUT2D eigenvalue weighted by Crippen LogP contribution is -1.97. The largest absolute Gasteiger partial charge is 0.494 e. The van der Waals surface area contributed by atoms with E-state index in [-0.39, 0.29) is 0 Å². The molecular weight excluding hydrogens is 993 g/mol. The molecule has 0 fully saturated rings. The SMILES string of the molecule is CCCCCCCCCCCCCCCOc1cccc(/C=C/c2cc(/C=C/c3ccc(C(=C(c4ccccc4)c4ccccc4)c4ccccc4)cc3)cc(/C=C/c3cccc(OCCCCCCCCCCCCCCC)c3)c2)c1. The van der Waals surface area contributed by atoms with Crippen molar-refractivity contribution in [3.05, 3.63) is 238 Å². The summed E-state index contributed by atoms with van der Waals surface area (Å²) < 4.78 is 12.6. The molecular formula is C80H98O2. The Morgan fingerprint density at radius 2 is 0.524 bits per heavy atom. The van der Waals surface area contributed by atoms with E-state index in [1.165, 1.54) is 187 Å². The molecule has 0 aliphatic heterocycles. The molecule has 0 N–H and O–H groups in total. The Labute approximate surface area is 497 Å². The molecule has 0 heterocycles. The summed E-state index contributed by atoms with van der Waals surface area (Å²) in [6.45, 7) is 6.12. The molecule has 7 rings (SSSR count). The Morgan fingerprint density at radius 3 is 0.854 bits per heavy atom. The molecule has 0 radical (unpaired) electrons. The van der Waals surface area contributed by atoms with Gasteiger partial charge in [-0.3, -0.25) is 0 Å². The van der Waals surface area contributed by atoms with Gasteiger partial charge in [-0.05, 0) is 122 Å². The van der Waals surface area contributed by atoms with Crippen molar-refractivity contribution in [1.29, 1.82) is 0 Å². The van der Waals surface area contributed by atoms with E-state index in [9.17, 15) is 0 Å². The Bertz CT molecular complexity index is 2780. The highest BCUT2D eigenvalue weighted by atomic mass is 16.5. The minimum atomic E-state index is 0.763. The third-order valence-electron chi connectivity index (χ3n) is 15.8. The Morgan fingerprint density at radius 1 is 0.244 bits per heavy atom. The first-order valence-corrected chi connectivity index (χ1v) is 32.3. The summed E-state index contributed by atoms with van der Waals surface area (Å²) >= 11 is 0. The number of unbranched alkanes of at least 4 members (excludes halogenated alkanes) is 24. The lowest BCUT2D eigenvalue weighted by atomic mass is 9.85.